The quantitative estimate of drug-likeness (QED) is 0.856. The average molecular weight is 303 g/mol. The van der Waals surface area contributed by atoms with E-state index in [2.05, 4.69) is 36.2 Å². The lowest BCUT2D eigenvalue weighted by molar-refractivity contribution is -0.129. The Morgan fingerprint density at radius 1 is 1.25 bits per heavy atom. The maximum absolute atomic E-state index is 12.4. The highest BCUT2D eigenvalue weighted by molar-refractivity contribution is 7.80. The molecule has 0 N–H and O–H groups in total. The van der Waals surface area contributed by atoms with Crippen LogP contribution in [0, 0.1) is 5.92 Å². The minimum atomic E-state index is 0.0496. The Morgan fingerprint density at radius 3 is 2.65 bits per heavy atom. The largest absolute Gasteiger partial charge is 0.330 e. The van der Waals surface area contributed by atoms with Crippen LogP contribution in [0.25, 0.3) is 0 Å². The monoisotopic (exact) mass is 303 g/mol. The van der Waals surface area contributed by atoms with Crippen molar-refractivity contribution in [3.63, 3.8) is 0 Å². The molecule has 1 fully saturated rings. The molecule has 0 saturated carbocycles. The first-order chi connectivity index (χ1) is 9.79. The number of amides is 1. The van der Waals surface area contributed by atoms with Gasteiger partial charge in [0.25, 0.3) is 0 Å². The van der Waals surface area contributed by atoms with Gasteiger partial charge in [-0.2, -0.15) is 12.6 Å². The van der Waals surface area contributed by atoms with Gasteiger partial charge < -0.3 is 4.90 Å². The van der Waals surface area contributed by atoms with E-state index in [4.69, 9.17) is 0 Å². The van der Waals surface area contributed by atoms with Crippen LogP contribution in [0.15, 0.2) is 47.8 Å². The first-order valence-corrected chi connectivity index (χ1v) is 8.29. The molecule has 2 atom stereocenters. The Hall–Kier alpha value is -1.26. The zero-order chi connectivity index (χ0) is 13.9. The van der Waals surface area contributed by atoms with E-state index in [9.17, 15) is 4.79 Å². The first-order valence-electron chi connectivity index (χ1n) is 6.78. The molecule has 4 heteroatoms. The Labute approximate surface area is 128 Å². The minimum absolute atomic E-state index is 0.0496. The lowest BCUT2D eigenvalue weighted by atomic mass is 10.0. The number of benzene rings is 1. The van der Waals surface area contributed by atoms with Crippen molar-refractivity contribution in [3.8, 4) is 0 Å². The number of nitrogens with zero attached hydrogens (tertiary/aromatic N) is 1. The van der Waals surface area contributed by atoms with Crippen LogP contribution in [-0.2, 0) is 4.79 Å². The third kappa shape index (κ3) is 2.63. The second-order valence-corrected chi connectivity index (χ2v) is 6.47. The molecular weight excluding hydrogens is 286 g/mol. The second-order valence-electron chi connectivity index (χ2n) is 5.13. The highest BCUT2D eigenvalue weighted by Gasteiger charge is 2.35. The summed E-state index contributed by atoms with van der Waals surface area (Å²) in [6.45, 7) is 0.805. The number of hydrogen-bond acceptors (Lipinski definition) is 3. The summed E-state index contributed by atoms with van der Waals surface area (Å²) >= 11 is 6.06. The van der Waals surface area contributed by atoms with Crippen molar-refractivity contribution in [1.29, 1.82) is 0 Å². The van der Waals surface area contributed by atoms with Crippen molar-refractivity contribution < 1.29 is 4.79 Å². The van der Waals surface area contributed by atoms with Crippen LogP contribution < -0.4 is 0 Å². The molecule has 0 aliphatic carbocycles. The average Bonchev–Trinajstić information content (AvgIpc) is 3.11. The zero-order valence-electron chi connectivity index (χ0n) is 11.1. The lowest BCUT2D eigenvalue weighted by Gasteiger charge is -2.28. The molecule has 2 unspecified atom stereocenters. The molecule has 2 aromatic rings. The zero-order valence-corrected chi connectivity index (χ0v) is 12.8. The molecule has 1 amide bonds. The molecule has 3 rings (SSSR count). The predicted molar refractivity (Wildman–Crippen MR) is 86.3 cm³/mol. The number of carbonyl (C=O) groups excluding carboxylic acids is 1. The molecule has 1 aromatic carbocycles. The van der Waals surface area contributed by atoms with Crippen LogP contribution in [0.1, 0.15) is 22.9 Å². The highest BCUT2D eigenvalue weighted by atomic mass is 32.1. The SMILES string of the molecule is O=C1CC(CS)CN1C(c1ccccc1)c1cccs1. The van der Waals surface area contributed by atoms with E-state index in [1.54, 1.807) is 11.3 Å². The van der Waals surface area contributed by atoms with Crippen molar-refractivity contribution >= 4 is 29.9 Å². The molecule has 2 nitrogen and oxygen atoms in total. The third-order valence-electron chi connectivity index (χ3n) is 3.74. The van der Waals surface area contributed by atoms with Crippen LogP contribution in [-0.4, -0.2) is 23.1 Å². The lowest BCUT2D eigenvalue weighted by Crippen LogP contribution is -2.30. The van der Waals surface area contributed by atoms with Crippen LogP contribution >= 0.6 is 24.0 Å². The predicted octanol–water partition coefficient (Wildman–Crippen LogP) is 3.62. The summed E-state index contributed by atoms with van der Waals surface area (Å²) in [7, 11) is 0. The van der Waals surface area contributed by atoms with Gasteiger partial charge in [0.1, 0.15) is 0 Å². The molecule has 0 bridgehead atoms. The van der Waals surface area contributed by atoms with Crippen LogP contribution in [0.3, 0.4) is 0 Å². The summed E-state index contributed by atoms with van der Waals surface area (Å²) in [5.74, 6) is 1.39. The Bertz CT molecular complexity index is 567. The van der Waals surface area contributed by atoms with Crippen molar-refractivity contribution in [2.45, 2.75) is 12.5 Å². The number of hydrogen-bond donors (Lipinski definition) is 1. The van der Waals surface area contributed by atoms with Crippen LogP contribution in [0.4, 0.5) is 0 Å². The maximum atomic E-state index is 12.4. The van der Waals surface area contributed by atoms with Gasteiger partial charge in [-0.1, -0.05) is 36.4 Å². The number of likely N-dealkylation sites (tertiary alicyclic amines) is 1. The van der Waals surface area contributed by atoms with Crippen molar-refractivity contribution in [2.75, 3.05) is 12.3 Å². The fourth-order valence-electron chi connectivity index (χ4n) is 2.76. The fourth-order valence-corrected chi connectivity index (χ4v) is 3.87. The smallest absolute Gasteiger partial charge is 0.223 e. The number of thiophene rings is 1. The fraction of sp³-hybridized carbons (Fsp3) is 0.312. The molecule has 1 aromatic heterocycles. The summed E-state index contributed by atoms with van der Waals surface area (Å²) in [5.41, 5.74) is 1.18. The van der Waals surface area contributed by atoms with E-state index in [0.29, 0.717) is 12.3 Å². The van der Waals surface area contributed by atoms with E-state index in [1.807, 2.05) is 29.2 Å². The molecule has 1 saturated heterocycles. The Balaban J connectivity index is 1.97. The highest BCUT2D eigenvalue weighted by Crippen LogP contribution is 2.36. The van der Waals surface area contributed by atoms with E-state index in [-0.39, 0.29) is 11.9 Å². The minimum Gasteiger partial charge on any atom is -0.330 e. The summed E-state index contributed by atoms with van der Waals surface area (Å²) in [6, 6.07) is 14.5. The molecule has 20 heavy (non-hydrogen) atoms. The second kappa shape index (κ2) is 6.02. The molecule has 0 spiro atoms. The van der Waals surface area contributed by atoms with Gasteiger partial charge in [-0.15, -0.1) is 11.3 Å². The van der Waals surface area contributed by atoms with Gasteiger partial charge >= 0.3 is 0 Å². The summed E-state index contributed by atoms with van der Waals surface area (Å²) in [6.07, 6.45) is 0.623. The van der Waals surface area contributed by atoms with Gasteiger partial charge in [0.2, 0.25) is 5.91 Å². The van der Waals surface area contributed by atoms with E-state index < -0.39 is 0 Å². The van der Waals surface area contributed by atoms with E-state index in [0.717, 1.165) is 12.3 Å². The molecule has 2 heterocycles. The molecule has 1 aliphatic heterocycles. The molecule has 0 radical (unpaired) electrons. The number of thiol groups is 1. The molecule has 104 valence electrons. The van der Waals surface area contributed by atoms with Gasteiger partial charge in [-0.05, 0) is 28.7 Å². The Morgan fingerprint density at radius 2 is 2.05 bits per heavy atom. The van der Waals surface area contributed by atoms with Crippen molar-refractivity contribution in [1.82, 2.24) is 4.90 Å². The summed E-state index contributed by atoms with van der Waals surface area (Å²) < 4.78 is 0. The van der Waals surface area contributed by atoms with Gasteiger partial charge in [0.05, 0.1) is 6.04 Å². The van der Waals surface area contributed by atoms with Gasteiger partial charge in [-0.25, -0.2) is 0 Å². The topological polar surface area (TPSA) is 20.3 Å². The van der Waals surface area contributed by atoms with Crippen molar-refractivity contribution in [3.05, 3.63) is 58.3 Å². The standard InChI is InChI=1S/C16H17NOS2/c18-15-9-12(11-19)10-17(15)16(14-7-4-8-20-14)13-5-2-1-3-6-13/h1-8,12,16,19H,9-11H2. The summed E-state index contributed by atoms with van der Waals surface area (Å²) in [4.78, 5) is 15.6. The van der Waals surface area contributed by atoms with Gasteiger partial charge in [0, 0.05) is 17.8 Å². The first kappa shape index (κ1) is 13.7. The van der Waals surface area contributed by atoms with E-state index in [1.165, 1.54) is 10.4 Å². The van der Waals surface area contributed by atoms with Crippen LogP contribution in [0.5, 0.6) is 0 Å². The maximum Gasteiger partial charge on any atom is 0.223 e. The number of rotatable bonds is 4. The number of carbonyl (C=O) groups is 1. The van der Waals surface area contributed by atoms with Crippen molar-refractivity contribution in [2.24, 2.45) is 5.92 Å². The van der Waals surface area contributed by atoms with Gasteiger partial charge in [0.15, 0.2) is 0 Å². The van der Waals surface area contributed by atoms with Gasteiger partial charge in [-0.3, -0.25) is 4.79 Å². The third-order valence-corrected chi connectivity index (χ3v) is 5.18. The Kier molecular flexibility index (Phi) is 4.13. The normalized spacial score (nSPS) is 20.4. The molecular formula is C16H17NOS2. The summed E-state index contributed by atoms with van der Waals surface area (Å²) in [5, 5.41) is 2.07. The van der Waals surface area contributed by atoms with E-state index >= 15 is 0 Å². The molecule has 1 aliphatic rings. The van der Waals surface area contributed by atoms with Crippen LogP contribution in [0.2, 0.25) is 0 Å².